The van der Waals surface area contributed by atoms with Crippen molar-refractivity contribution in [1.82, 2.24) is 19.6 Å². The predicted molar refractivity (Wildman–Crippen MR) is 92.6 cm³/mol. The highest BCUT2D eigenvalue weighted by Crippen LogP contribution is 2.17. The Labute approximate surface area is 141 Å². The van der Waals surface area contributed by atoms with Crippen molar-refractivity contribution in [2.75, 3.05) is 86.7 Å². The lowest BCUT2D eigenvalue weighted by molar-refractivity contribution is -0.131. The van der Waals surface area contributed by atoms with E-state index in [1.54, 1.807) is 7.11 Å². The van der Waals surface area contributed by atoms with Gasteiger partial charge in [-0.3, -0.25) is 9.69 Å². The molecule has 134 valence electrons. The molecule has 2 saturated heterocycles. The van der Waals surface area contributed by atoms with E-state index in [4.69, 9.17) is 4.74 Å². The Balaban J connectivity index is 1.68. The van der Waals surface area contributed by atoms with Crippen LogP contribution in [0.2, 0.25) is 0 Å². The Morgan fingerprint density at radius 3 is 2.78 bits per heavy atom. The number of hydrogen-bond acceptors (Lipinski definition) is 5. The molecule has 1 atom stereocenters. The molecule has 0 bridgehead atoms. The van der Waals surface area contributed by atoms with Gasteiger partial charge >= 0.3 is 0 Å². The van der Waals surface area contributed by atoms with E-state index in [2.05, 4.69) is 21.7 Å². The van der Waals surface area contributed by atoms with Gasteiger partial charge < -0.3 is 19.4 Å². The first-order valence-corrected chi connectivity index (χ1v) is 8.94. The molecule has 2 aliphatic heterocycles. The Morgan fingerprint density at radius 1 is 1.17 bits per heavy atom. The van der Waals surface area contributed by atoms with Gasteiger partial charge in [-0.25, -0.2) is 0 Å². The largest absolute Gasteiger partial charge is 0.383 e. The summed E-state index contributed by atoms with van der Waals surface area (Å²) in [6.45, 7) is 9.73. The number of ether oxygens (including phenoxy) is 1. The number of amides is 1. The van der Waals surface area contributed by atoms with Crippen LogP contribution < -0.4 is 0 Å². The third-order valence-corrected chi connectivity index (χ3v) is 5.11. The Kier molecular flexibility index (Phi) is 7.76. The summed E-state index contributed by atoms with van der Waals surface area (Å²) in [5.74, 6) is 0.876. The molecular weight excluding hydrogens is 292 g/mol. The SMILES string of the molecule is COCCN1CC[C@@H](CN(C)C(=O)CN2CCCN(C)CC2)C1. The minimum Gasteiger partial charge on any atom is -0.383 e. The van der Waals surface area contributed by atoms with Crippen LogP contribution in [-0.4, -0.2) is 112 Å². The lowest BCUT2D eigenvalue weighted by Crippen LogP contribution is -2.42. The molecule has 6 heteroatoms. The van der Waals surface area contributed by atoms with Crippen LogP contribution in [0.25, 0.3) is 0 Å². The van der Waals surface area contributed by atoms with Crippen molar-refractivity contribution in [2.24, 2.45) is 5.92 Å². The second-order valence-electron chi connectivity index (χ2n) is 7.16. The molecule has 2 fully saturated rings. The van der Waals surface area contributed by atoms with Crippen LogP contribution >= 0.6 is 0 Å². The number of methoxy groups -OCH3 is 1. The number of likely N-dealkylation sites (N-methyl/N-ethyl adjacent to an activating group) is 2. The quantitative estimate of drug-likeness (QED) is 0.661. The van der Waals surface area contributed by atoms with E-state index in [0.717, 1.165) is 65.4 Å². The topological polar surface area (TPSA) is 39.3 Å². The molecule has 0 N–H and O–H groups in total. The van der Waals surface area contributed by atoms with E-state index in [0.29, 0.717) is 12.5 Å². The molecule has 0 unspecified atom stereocenters. The number of carbonyl (C=O) groups is 1. The van der Waals surface area contributed by atoms with Crippen LogP contribution in [0.5, 0.6) is 0 Å². The van der Waals surface area contributed by atoms with E-state index in [-0.39, 0.29) is 5.91 Å². The van der Waals surface area contributed by atoms with Gasteiger partial charge in [-0.2, -0.15) is 0 Å². The minimum atomic E-state index is 0.268. The first kappa shape index (κ1) is 18.6. The molecule has 6 nitrogen and oxygen atoms in total. The highest BCUT2D eigenvalue weighted by molar-refractivity contribution is 5.78. The summed E-state index contributed by atoms with van der Waals surface area (Å²) in [6.07, 6.45) is 2.35. The Hall–Kier alpha value is -0.690. The van der Waals surface area contributed by atoms with Gasteiger partial charge in [0.2, 0.25) is 5.91 Å². The van der Waals surface area contributed by atoms with Gasteiger partial charge in [0.05, 0.1) is 13.2 Å². The fraction of sp³-hybridized carbons (Fsp3) is 0.941. The van der Waals surface area contributed by atoms with Crippen LogP contribution in [0.3, 0.4) is 0 Å². The second kappa shape index (κ2) is 9.57. The molecule has 0 aliphatic carbocycles. The lowest BCUT2D eigenvalue weighted by Gasteiger charge is -2.26. The number of hydrogen-bond donors (Lipinski definition) is 0. The van der Waals surface area contributed by atoms with Crippen LogP contribution in [0.15, 0.2) is 0 Å². The summed E-state index contributed by atoms with van der Waals surface area (Å²) in [6, 6.07) is 0. The monoisotopic (exact) mass is 326 g/mol. The van der Waals surface area contributed by atoms with E-state index in [1.807, 2.05) is 11.9 Å². The fourth-order valence-electron chi connectivity index (χ4n) is 3.54. The van der Waals surface area contributed by atoms with Gasteiger partial charge in [0.15, 0.2) is 0 Å². The first-order valence-electron chi connectivity index (χ1n) is 8.94. The van der Waals surface area contributed by atoms with Crippen LogP contribution in [0.1, 0.15) is 12.8 Å². The van der Waals surface area contributed by atoms with Crippen LogP contribution in [-0.2, 0) is 9.53 Å². The van der Waals surface area contributed by atoms with Crippen LogP contribution in [0.4, 0.5) is 0 Å². The highest BCUT2D eigenvalue weighted by atomic mass is 16.5. The number of rotatable bonds is 7. The zero-order valence-corrected chi connectivity index (χ0v) is 15.2. The van der Waals surface area contributed by atoms with E-state index >= 15 is 0 Å². The average molecular weight is 326 g/mol. The maximum absolute atomic E-state index is 12.5. The maximum Gasteiger partial charge on any atom is 0.236 e. The van der Waals surface area contributed by atoms with Gasteiger partial charge in [0.25, 0.3) is 0 Å². The van der Waals surface area contributed by atoms with Crippen molar-refractivity contribution in [2.45, 2.75) is 12.8 Å². The number of nitrogens with zero attached hydrogens (tertiary/aromatic N) is 4. The van der Waals surface area contributed by atoms with Crippen LogP contribution in [0, 0.1) is 5.92 Å². The summed E-state index contributed by atoms with van der Waals surface area (Å²) in [7, 11) is 5.87. The van der Waals surface area contributed by atoms with Crippen molar-refractivity contribution >= 4 is 5.91 Å². The first-order chi connectivity index (χ1) is 11.1. The smallest absolute Gasteiger partial charge is 0.236 e. The summed E-state index contributed by atoms with van der Waals surface area (Å²) in [4.78, 5) is 21.5. The lowest BCUT2D eigenvalue weighted by atomic mass is 10.1. The standard InChI is InChI=1S/C17H34N4O2/c1-18-6-4-7-20(10-9-18)15-17(22)19(2)13-16-5-8-21(14-16)11-12-23-3/h16H,4-15H2,1-3H3/t16-/m0/s1. The Bertz CT molecular complexity index is 367. The van der Waals surface area contributed by atoms with Crippen molar-refractivity contribution in [1.29, 1.82) is 0 Å². The number of likely N-dealkylation sites (tertiary alicyclic amines) is 1. The van der Waals surface area contributed by atoms with Crippen molar-refractivity contribution in [3.05, 3.63) is 0 Å². The van der Waals surface area contributed by atoms with Crippen molar-refractivity contribution in [3.8, 4) is 0 Å². The zero-order chi connectivity index (χ0) is 16.7. The summed E-state index contributed by atoms with van der Waals surface area (Å²) in [5, 5.41) is 0. The molecule has 1 amide bonds. The van der Waals surface area contributed by atoms with Crippen molar-refractivity contribution in [3.63, 3.8) is 0 Å². The molecule has 0 aromatic carbocycles. The van der Waals surface area contributed by atoms with E-state index in [9.17, 15) is 4.79 Å². The molecule has 2 heterocycles. The normalized spacial score (nSPS) is 24.7. The van der Waals surface area contributed by atoms with Gasteiger partial charge in [-0.15, -0.1) is 0 Å². The molecule has 23 heavy (non-hydrogen) atoms. The molecule has 2 aliphatic rings. The summed E-state index contributed by atoms with van der Waals surface area (Å²) < 4.78 is 5.15. The van der Waals surface area contributed by atoms with Crippen molar-refractivity contribution < 1.29 is 9.53 Å². The maximum atomic E-state index is 12.5. The second-order valence-corrected chi connectivity index (χ2v) is 7.16. The third-order valence-electron chi connectivity index (χ3n) is 5.11. The molecule has 2 rings (SSSR count). The zero-order valence-electron chi connectivity index (χ0n) is 15.2. The van der Waals surface area contributed by atoms with E-state index < -0.39 is 0 Å². The molecule has 0 spiro atoms. The van der Waals surface area contributed by atoms with Gasteiger partial charge in [-0.1, -0.05) is 0 Å². The van der Waals surface area contributed by atoms with Gasteiger partial charge in [0, 0.05) is 46.9 Å². The van der Waals surface area contributed by atoms with E-state index in [1.165, 1.54) is 6.42 Å². The van der Waals surface area contributed by atoms with Gasteiger partial charge in [-0.05, 0) is 45.4 Å². The predicted octanol–water partition coefficient (Wildman–Crippen LogP) is 0.0506. The molecule has 0 radical (unpaired) electrons. The third kappa shape index (κ3) is 6.37. The summed E-state index contributed by atoms with van der Waals surface area (Å²) in [5.41, 5.74) is 0. The fourth-order valence-corrected chi connectivity index (χ4v) is 3.54. The molecule has 0 saturated carbocycles. The molecular formula is C17H34N4O2. The highest BCUT2D eigenvalue weighted by Gasteiger charge is 2.25. The molecule has 0 aromatic heterocycles. The summed E-state index contributed by atoms with van der Waals surface area (Å²) >= 11 is 0. The number of carbonyl (C=O) groups excluding carboxylic acids is 1. The van der Waals surface area contributed by atoms with Gasteiger partial charge in [0.1, 0.15) is 0 Å². The Morgan fingerprint density at radius 2 is 2.00 bits per heavy atom. The molecule has 0 aromatic rings. The average Bonchev–Trinajstić information content (AvgIpc) is 2.87. The minimum absolute atomic E-state index is 0.268.